The van der Waals surface area contributed by atoms with Gasteiger partial charge in [0.25, 0.3) is 0 Å². The minimum absolute atomic E-state index is 0.00467. The van der Waals surface area contributed by atoms with Crippen LogP contribution >= 0.6 is 0 Å². The Hall–Kier alpha value is -1.89. The molecule has 2 aliphatic carbocycles. The van der Waals surface area contributed by atoms with Crippen LogP contribution in [-0.2, 0) is 10.3 Å². The molecule has 0 bridgehead atoms. The predicted octanol–water partition coefficient (Wildman–Crippen LogP) is 3.92. The zero-order chi connectivity index (χ0) is 18.6. The molecule has 144 valence electrons. The normalized spacial score (nSPS) is 24.6. The smallest absolute Gasteiger partial charge is 0.345 e. The molecule has 1 aromatic rings. The fraction of sp³-hybridized carbons (Fsp3) is 0.632. The number of rotatable bonds is 6. The van der Waals surface area contributed by atoms with Gasteiger partial charge < -0.3 is 20.1 Å². The van der Waals surface area contributed by atoms with Gasteiger partial charge in [-0.05, 0) is 62.6 Å². The number of urea groups is 1. The molecule has 26 heavy (non-hydrogen) atoms. The molecule has 0 heterocycles. The summed E-state index contributed by atoms with van der Waals surface area (Å²) in [6, 6.07) is 7.58. The van der Waals surface area contributed by atoms with Crippen LogP contribution in [0.15, 0.2) is 24.3 Å². The average molecular weight is 368 g/mol. The SMILES string of the molecule is COc1cccc(C2(NC(=O)NC3CCC(OC(F)F)CC3)CCC2)c1. The Kier molecular flexibility index (Phi) is 5.96. The van der Waals surface area contributed by atoms with Gasteiger partial charge in [0.05, 0.1) is 18.8 Å². The fourth-order valence-corrected chi connectivity index (χ4v) is 3.86. The van der Waals surface area contributed by atoms with Crippen LogP contribution in [0.1, 0.15) is 50.5 Å². The average Bonchev–Trinajstić information content (AvgIpc) is 2.59. The Morgan fingerprint density at radius 1 is 1.23 bits per heavy atom. The van der Waals surface area contributed by atoms with E-state index in [1.165, 1.54) is 0 Å². The summed E-state index contributed by atoms with van der Waals surface area (Å²) in [6.45, 7) is -2.73. The molecule has 2 fully saturated rings. The van der Waals surface area contributed by atoms with Crippen molar-refractivity contribution in [2.45, 2.75) is 69.2 Å². The van der Waals surface area contributed by atoms with E-state index in [0.717, 1.165) is 30.6 Å². The van der Waals surface area contributed by atoms with Crippen molar-refractivity contribution in [1.82, 2.24) is 10.6 Å². The summed E-state index contributed by atoms with van der Waals surface area (Å²) in [5, 5.41) is 6.12. The van der Waals surface area contributed by atoms with Gasteiger partial charge in [0.1, 0.15) is 5.75 Å². The van der Waals surface area contributed by atoms with Crippen LogP contribution in [0.3, 0.4) is 0 Å². The molecule has 0 radical (unpaired) electrons. The van der Waals surface area contributed by atoms with E-state index in [-0.39, 0.29) is 17.6 Å². The zero-order valence-electron chi connectivity index (χ0n) is 15.0. The maximum absolute atomic E-state index is 12.5. The molecule has 0 unspecified atom stereocenters. The Morgan fingerprint density at radius 3 is 2.54 bits per heavy atom. The molecule has 5 nitrogen and oxygen atoms in total. The molecule has 3 rings (SSSR count). The number of hydrogen-bond acceptors (Lipinski definition) is 3. The lowest BCUT2D eigenvalue weighted by molar-refractivity contribution is -0.170. The molecule has 0 aromatic heterocycles. The van der Waals surface area contributed by atoms with E-state index in [1.54, 1.807) is 7.11 Å². The lowest BCUT2D eigenvalue weighted by atomic mass is 9.72. The Labute approximate surface area is 152 Å². The molecule has 2 amide bonds. The van der Waals surface area contributed by atoms with Gasteiger partial charge in [-0.15, -0.1) is 0 Å². The van der Waals surface area contributed by atoms with Crippen LogP contribution in [0.2, 0.25) is 0 Å². The molecule has 0 atom stereocenters. The fourth-order valence-electron chi connectivity index (χ4n) is 3.86. The molecule has 1 aromatic carbocycles. The second-order valence-electron chi connectivity index (χ2n) is 7.14. The van der Waals surface area contributed by atoms with Crippen LogP contribution in [0.4, 0.5) is 13.6 Å². The summed E-state index contributed by atoms with van der Waals surface area (Å²) < 4.78 is 34.4. The van der Waals surface area contributed by atoms with Crippen molar-refractivity contribution in [1.29, 1.82) is 0 Å². The second-order valence-corrected chi connectivity index (χ2v) is 7.14. The summed E-state index contributed by atoms with van der Waals surface area (Å²) in [5.74, 6) is 0.772. The molecular weight excluding hydrogens is 342 g/mol. The monoisotopic (exact) mass is 368 g/mol. The third kappa shape index (κ3) is 4.44. The van der Waals surface area contributed by atoms with Gasteiger partial charge in [-0.1, -0.05) is 12.1 Å². The molecular formula is C19H26F2N2O3. The highest BCUT2D eigenvalue weighted by atomic mass is 19.3. The van der Waals surface area contributed by atoms with Gasteiger partial charge in [0.2, 0.25) is 0 Å². The Bertz CT molecular complexity index is 615. The van der Waals surface area contributed by atoms with E-state index in [0.29, 0.717) is 25.7 Å². The Morgan fingerprint density at radius 2 is 1.96 bits per heavy atom. The van der Waals surface area contributed by atoms with E-state index < -0.39 is 12.7 Å². The third-order valence-corrected chi connectivity index (χ3v) is 5.49. The molecule has 2 saturated carbocycles. The standard InChI is InChI=1S/C19H26F2N2O3/c1-25-16-5-2-4-13(12-16)19(10-3-11-19)23-18(24)22-14-6-8-15(9-7-14)26-17(20)21/h2,4-5,12,14-15,17H,3,6-11H2,1H3,(H2,22,23,24). The number of halogens is 2. The summed E-state index contributed by atoms with van der Waals surface area (Å²) in [4.78, 5) is 12.5. The maximum atomic E-state index is 12.5. The second kappa shape index (κ2) is 8.20. The van der Waals surface area contributed by atoms with E-state index in [4.69, 9.17) is 4.74 Å². The van der Waals surface area contributed by atoms with Crippen molar-refractivity contribution in [3.05, 3.63) is 29.8 Å². The van der Waals surface area contributed by atoms with Gasteiger partial charge >= 0.3 is 12.6 Å². The molecule has 0 spiro atoms. The number of alkyl halides is 2. The van der Waals surface area contributed by atoms with Crippen molar-refractivity contribution in [2.75, 3.05) is 7.11 Å². The number of amides is 2. The summed E-state index contributed by atoms with van der Waals surface area (Å²) in [6.07, 6.45) is 4.81. The van der Waals surface area contributed by atoms with E-state index in [2.05, 4.69) is 15.4 Å². The van der Waals surface area contributed by atoms with E-state index in [1.807, 2.05) is 24.3 Å². The first-order chi connectivity index (χ1) is 12.5. The first-order valence-electron chi connectivity index (χ1n) is 9.17. The molecule has 2 N–H and O–H groups in total. The quantitative estimate of drug-likeness (QED) is 0.800. The van der Waals surface area contributed by atoms with Crippen LogP contribution in [-0.4, -0.2) is 31.9 Å². The zero-order valence-corrected chi connectivity index (χ0v) is 15.0. The van der Waals surface area contributed by atoms with Gasteiger partial charge in [0, 0.05) is 6.04 Å². The summed E-state index contributed by atoms with van der Waals surface area (Å²) in [7, 11) is 1.63. The van der Waals surface area contributed by atoms with Crippen molar-refractivity contribution >= 4 is 6.03 Å². The topological polar surface area (TPSA) is 59.6 Å². The summed E-state index contributed by atoms with van der Waals surface area (Å²) >= 11 is 0. The number of ether oxygens (including phenoxy) is 2. The number of hydrogen-bond donors (Lipinski definition) is 2. The number of benzene rings is 1. The highest BCUT2D eigenvalue weighted by Crippen LogP contribution is 2.42. The molecule has 0 aliphatic heterocycles. The van der Waals surface area contributed by atoms with Gasteiger partial charge in [0.15, 0.2) is 0 Å². The van der Waals surface area contributed by atoms with Crippen LogP contribution in [0, 0.1) is 0 Å². The van der Waals surface area contributed by atoms with Crippen molar-refractivity contribution < 1.29 is 23.0 Å². The van der Waals surface area contributed by atoms with Crippen LogP contribution in [0.5, 0.6) is 5.75 Å². The lowest BCUT2D eigenvalue weighted by Crippen LogP contribution is -2.55. The number of methoxy groups -OCH3 is 1. The number of carbonyl (C=O) groups is 1. The largest absolute Gasteiger partial charge is 0.497 e. The predicted molar refractivity (Wildman–Crippen MR) is 93.3 cm³/mol. The van der Waals surface area contributed by atoms with Gasteiger partial charge in [-0.3, -0.25) is 0 Å². The highest BCUT2D eigenvalue weighted by Gasteiger charge is 2.40. The number of carbonyl (C=O) groups excluding carboxylic acids is 1. The van der Waals surface area contributed by atoms with E-state index in [9.17, 15) is 13.6 Å². The summed E-state index contributed by atoms with van der Waals surface area (Å²) in [5.41, 5.74) is 0.696. The van der Waals surface area contributed by atoms with E-state index >= 15 is 0 Å². The van der Waals surface area contributed by atoms with Crippen LogP contribution in [0.25, 0.3) is 0 Å². The minimum Gasteiger partial charge on any atom is -0.497 e. The van der Waals surface area contributed by atoms with Crippen molar-refractivity contribution in [3.8, 4) is 5.75 Å². The molecule has 2 aliphatic rings. The highest BCUT2D eigenvalue weighted by molar-refractivity contribution is 5.75. The molecule has 7 heteroatoms. The third-order valence-electron chi connectivity index (χ3n) is 5.49. The maximum Gasteiger partial charge on any atom is 0.345 e. The van der Waals surface area contributed by atoms with Gasteiger partial charge in [-0.25, -0.2) is 4.79 Å². The lowest BCUT2D eigenvalue weighted by Gasteiger charge is -2.43. The van der Waals surface area contributed by atoms with Crippen molar-refractivity contribution in [3.63, 3.8) is 0 Å². The van der Waals surface area contributed by atoms with Crippen molar-refractivity contribution in [2.24, 2.45) is 0 Å². The van der Waals surface area contributed by atoms with Crippen LogP contribution < -0.4 is 15.4 Å². The first kappa shape index (κ1) is 18.9. The minimum atomic E-state index is -2.73. The van der Waals surface area contributed by atoms with Gasteiger partial charge in [-0.2, -0.15) is 8.78 Å². The first-order valence-corrected chi connectivity index (χ1v) is 9.17. The Balaban J connectivity index is 1.54. The molecule has 0 saturated heterocycles. The number of nitrogens with one attached hydrogen (secondary N) is 2.